The average Bonchev–Trinajstić information content (AvgIpc) is 2.57. The van der Waals surface area contributed by atoms with Crippen LogP contribution >= 0.6 is 0 Å². The number of hydrogen-bond acceptors (Lipinski definition) is 2. The fraction of sp³-hybridized carbons (Fsp3) is 0.889. The zero-order chi connectivity index (χ0) is 8.81. The smallest absolute Gasteiger partial charge is 0.0934 e. The molecule has 0 saturated carbocycles. The third-order valence-corrected chi connectivity index (χ3v) is 2.29. The number of hydrogen-bond donors (Lipinski definition) is 1. The number of nitrogens with two attached hydrogens (primary N) is 1. The van der Waals surface area contributed by atoms with E-state index in [9.17, 15) is 0 Å². The van der Waals surface area contributed by atoms with Gasteiger partial charge >= 0.3 is 0 Å². The molecule has 12 heavy (non-hydrogen) atoms. The Labute approximate surface area is 74.6 Å². The highest BCUT2D eigenvalue weighted by Crippen LogP contribution is 2.05. The SMILES string of the molecule is CCC(N)=NCCN1CCCC1. The van der Waals surface area contributed by atoms with E-state index < -0.39 is 0 Å². The van der Waals surface area contributed by atoms with E-state index in [0.717, 1.165) is 25.3 Å². The second-order valence-electron chi connectivity index (χ2n) is 3.28. The molecule has 0 aromatic rings. The summed E-state index contributed by atoms with van der Waals surface area (Å²) in [6, 6.07) is 0. The first-order chi connectivity index (χ1) is 5.83. The predicted octanol–water partition coefficient (Wildman–Crippen LogP) is 0.849. The number of amidine groups is 1. The molecular formula is C9H19N3. The Kier molecular flexibility index (Phi) is 4.08. The number of likely N-dealkylation sites (tertiary alicyclic amines) is 1. The third kappa shape index (κ3) is 3.22. The van der Waals surface area contributed by atoms with Gasteiger partial charge in [-0.2, -0.15) is 0 Å². The van der Waals surface area contributed by atoms with E-state index >= 15 is 0 Å². The van der Waals surface area contributed by atoms with Crippen LogP contribution in [0, 0.1) is 0 Å². The summed E-state index contributed by atoms with van der Waals surface area (Å²) >= 11 is 0. The van der Waals surface area contributed by atoms with Crippen molar-refractivity contribution < 1.29 is 0 Å². The van der Waals surface area contributed by atoms with Crippen LogP contribution in [0.1, 0.15) is 26.2 Å². The van der Waals surface area contributed by atoms with Crippen molar-refractivity contribution in [2.75, 3.05) is 26.2 Å². The van der Waals surface area contributed by atoms with Crippen LogP contribution in [0.15, 0.2) is 4.99 Å². The maximum Gasteiger partial charge on any atom is 0.0934 e. The second-order valence-corrected chi connectivity index (χ2v) is 3.28. The van der Waals surface area contributed by atoms with Gasteiger partial charge in [0.2, 0.25) is 0 Å². The Morgan fingerprint density at radius 3 is 2.67 bits per heavy atom. The van der Waals surface area contributed by atoms with Crippen molar-refractivity contribution in [2.45, 2.75) is 26.2 Å². The van der Waals surface area contributed by atoms with Crippen molar-refractivity contribution in [2.24, 2.45) is 10.7 Å². The molecule has 0 radical (unpaired) electrons. The van der Waals surface area contributed by atoms with Gasteiger partial charge in [-0.05, 0) is 25.9 Å². The summed E-state index contributed by atoms with van der Waals surface area (Å²) < 4.78 is 0. The average molecular weight is 169 g/mol. The zero-order valence-corrected chi connectivity index (χ0v) is 7.92. The second kappa shape index (κ2) is 5.14. The highest BCUT2D eigenvalue weighted by molar-refractivity contribution is 5.79. The molecule has 0 bridgehead atoms. The Hall–Kier alpha value is -0.570. The Morgan fingerprint density at radius 2 is 2.08 bits per heavy atom. The van der Waals surface area contributed by atoms with Crippen molar-refractivity contribution in [3.63, 3.8) is 0 Å². The van der Waals surface area contributed by atoms with Gasteiger partial charge < -0.3 is 10.6 Å². The van der Waals surface area contributed by atoms with Crippen LogP contribution in [0.2, 0.25) is 0 Å². The number of rotatable bonds is 4. The first-order valence-corrected chi connectivity index (χ1v) is 4.84. The van der Waals surface area contributed by atoms with Gasteiger partial charge in [-0.3, -0.25) is 4.99 Å². The van der Waals surface area contributed by atoms with Crippen LogP contribution < -0.4 is 5.73 Å². The number of nitrogens with zero attached hydrogens (tertiary/aromatic N) is 2. The molecule has 0 spiro atoms. The summed E-state index contributed by atoms with van der Waals surface area (Å²) in [7, 11) is 0. The summed E-state index contributed by atoms with van der Waals surface area (Å²) in [5, 5.41) is 0. The summed E-state index contributed by atoms with van der Waals surface area (Å²) in [6.45, 7) is 6.50. The predicted molar refractivity (Wildman–Crippen MR) is 52.5 cm³/mol. The van der Waals surface area contributed by atoms with Gasteiger partial charge in [0.25, 0.3) is 0 Å². The van der Waals surface area contributed by atoms with Gasteiger partial charge in [-0.1, -0.05) is 6.92 Å². The van der Waals surface area contributed by atoms with E-state index in [2.05, 4.69) is 9.89 Å². The third-order valence-electron chi connectivity index (χ3n) is 2.29. The summed E-state index contributed by atoms with van der Waals surface area (Å²) in [4.78, 5) is 6.71. The molecule has 1 fully saturated rings. The lowest BCUT2D eigenvalue weighted by Gasteiger charge is -2.12. The summed E-state index contributed by atoms with van der Waals surface area (Å²) in [5.41, 5.74) is 5.59. The van der Waals surface area contributed by atoms with Crippen molar-refractivity contribution in [1.29, 1.82) is 0 Å². The molecule has 1 rings (SSSR count). The number of aliphatic imine (C=N–C) groups is 1. The van der Waals surface area contributed by atoms with E-state index in [0.29, 0.717) is 0 Å². The fourth-order valence-corrected chi connectivity index (χ4v) is 1.45. The molecule has 1 saturated heterocycles. The molecule has 3 heteroatoms. The van der Waals surface area contributed by atoms with Crippen molar-refractivity contribution in [3.05, 3.63) is 0 Å². The quantitative estimate of drug-likeness (QED) is 0.501. The van der Waals surface area contributed by atoms with Gasteiger partial charge in [0.15, 0.2) is 0 Å². The molecule has 0 aromatic carbocycles. The van der Waals surface area contributed by atoms with E-state index in [1.165, 1.54) is 25.9 Å². The Morgan fingerprint density at radius 1 is 1.42 bits per heavy atom. The van der Waals surface area contributed by atoms with E-state index in [4.69, 9.17) is 5.73 Å². The molecule has 0 amide bonds. The largest absolute Gasteiger partial charge is 0.387 e. The minimum absolute atomic E-state index is 0.786. The minimum atomic E-state index is 0.786. The van der Waals surface area contributed by atoms with E-state index in [1.54, 1.807) is 0 Å². The lowest BCUT2D eigenvalue weighted by Crippen LogP contribution is -2.23. The highest BCUT2D eigenvalue weighted by atomic mass is 15.1. The van der Waals surface area contributed by atoms with Gasteiger partial charge in [-0.15, -0.1) is 0 Å². The summed E-state index contributed by atoms with van der Waals surface area (Å²) in [5.74, 6) is 0.786. The molecule has 70 valence electrons. The van der Waals surface area contributed by atoms with E-state index in [-0.39, 0.29) is 0 Å². The molecule has 0 atom stereocenters. The van der Waals surface area contributed by atoms with Crippen LogP contribution in [0.5, 0.6) is 0 Å². The van der Waals surface area contributed by atoms with Gasteiger partial charge in [0.1, 0.15) is 0 Å². The normalized spacial score (nSPS) is 20.2. The fourth-order valence-electron chi connectivity index (χ4n) is 1.45. The molecule has 0 aromatic heterocycles. The minimum Gasteiger partial charge on any atom is -0.387 e. The Balaban J connectivity index is 2.08. The maximum atomic E-state index is 5.59. The molecule has 0 aliphatic carbocycles. The van der Waals surface area contributed by atoms with Gasteiger partial charge in [0, 0.05) is 13.0 Å². The van der Waals surface area contributed by atoms with E-state index in [1.807, 2.05) is 6.92 Å². The van der Waals surface area contributed by atoms with Crippen LogP contribution in [-0.4, -0.2) is 36.9 Å². The molecular weight excluding hydrogens is 150 g/mol. The zero-order valence-electron chi connectivity index (χ0n) is 7.92. The van der Waals surface area contributed by atoms with Crippen LogP contribution in [0.25, 0.3) is 0 Å². The lowest BCUT2D eigenvalue weighted by molar-refractivity contribution is 0.349. The highest BCUT2D eigenvalue weighted by Gasteiger charge is 2.09. The molecule has 1 aliphatic rings. The van der Waals surface area contributed by atoms with Crippen LogP contribution in [0.4, 0.5) is 0 Å². The summed E-state index contributed by atoms with van der Waals surface area (Å²) in [6.07, 6.45) is 3.58. The standard InChI is InChI=1S/C9H19N3/c1-2-9(10)11-5-8-12-6-3-4-7-12/h2-8H2,1H3,(H2,10,11). The first kappa shape index (κ1) is 9.52. The molecule has 0 unspecified atom stereocenters. The first-order valence-electron chi connectivity index (χ1n) is 4.84. The van der Waals surface area contributed by atoms with Gasteiger partial charge in [-0.25, -0.2) is 0 Å². The van der Waals surface area contributed by atoms with Crippen LogP contribution in [-0.2, 0) is 0 Å². The molecule has 2 N–H and O–H groups in total. The molecule has 1 heterocycles. The molecule has 1 aliphatic heterocycles. The van der Waals surface area contributed by atoms with Crippen LogP contribution in [0.3, 0.4) is 0 Å². The van der Waals surface area contributed by atoms with Crippen molar-refractivity contribution >= 4 is 5.84 Å². The maximum absolute atomic E-state index is 5.59. The van der Waals surface area contributed by atoms with Crippen molar-refractivity contribution in [1.82, 2.24) is 4.90 Å². The van der Waals surface area contributed by atoms with Crippen molar-refractivity contribution in [3.8, 4) is 0 Å². The Bertz CT molecular complexity index is 148. The van der Waals surface area contributed by atoms with Gasteiger partial charge in [0.05, 0.1) is 12.4 Å². The monoisotopic (exact) mass is 169 g/mol. The topological polar surface area (TPSA) is 41.6 Å². The lowest BCUT2D eigenvalue weighted by atomic mass is 10.4. The molecule has 3 nitrogen and oxygen atoms in total.